The Kier molecular flexibility index (Phi) is 3.62. The molecule has 0 saturated carbocycles. The SMILES string of the molecule is COc1ccc2c(c1)cc1c3c(cccc32)N(C)C1N1CCc2ccccc2C1. The molecule has 0 N–H and O–H groups in total. The Morgan fingerprint density at radius 1 is 0.897 bits per heavy atom. The molecule has 0 bridgehead atoms. The van der Waals surface area contributed by atoms with Gasteiger partial charge in [-0.05, 0) is 63.5 Å². The van der Waals surface area contributed by atoms with Crippen LogP contribution in [0.3, 0.4) is 0 Å². The van der Waals surface area contributed by atoms with Crippen LogP contribution >= 0.6 is 0 Å². The lowest BCUT2D eigenvalue weighted by Gasteiger charge is -2.38. The molecule has 0 radical (unpaired) electrons. The van der Waals surface area contributed by atoms with E-state index in [9.17, 15) is 0 Å². The summed E-state index contributed by atoms with van der Waals surface area (Å²) in [7, 11) is 3.98. The third-order valence-corrected chi connectivity index (χ3v) is 6.72. The number of nitrogens with zero attached hydrogens (tertiary/aromatic N) is 2. The summed E-state index contributed by atoms with van der Waals surface area (Å²) in [5.41, 5.74) is 5.70. The maximum Gasteiger partial charge on any atom is 0.119 e. The molecule has 0 saturated heterocycles. The highest BCUT2D eigenvalue weighted by molar-refractivity contribution is 6.15. The van der Waals surface area contributed by atoms with E-state index in [2.05, 4.69) is 83.6 Å². The third kappa shape index (κ3) is 2.41. The second-order valence-electron chi connectivity index (χ2n) is 8.23. The lowest BCUT2D eigenvalue weighted by Crippen LogP contribution is -2.40. The lowest BCUT2D eigenvalue weighted by molar-refractivity contribution is 0.182. The highest BCUT2D eigenvalue weighted by Gasteiger charge is 2.35. The Morgan fingerprint density at radius 3 is 2.62 bits per heavy atom. The fourth-order valence-corrected chi connectivity index (χ4v) is 5.35. The van der Waals surface area contributed by atoms with E-state index >= 15 is 0 Å². The summed E-state index contributed by atoms with van der Waals surface area (Å²) < 4.78 is 5.50. The standard InChI is InChI=1S/C26H24N2O/c1-27-24-9-5-8-22-21-11-10-20(29-2)14-19(21)15-23(25(22)24)26(27)28-13-12-17-6-3-4-7-18(17)16-28/h3-11,14-15,26H,12-13,16H2,1-2H3. The number of ether oxygens (including phenoxy) is 1. The second-order valence-corrected chi connectivity index (χ2v) is 8.23. The normalized spacial score (nSPS) is 18.4. The molecular weight excluding hydrogens is 356 g/mol. The Morgan fingerprint density at radius 2 is 1.76 bits per heavy atom. The van der Waals surface area contributed by atoms with Gasteiger partial charge in [-0.1, -0.05) is 42.5 Å². The largest absolute Gasteiger partial charge is 0.497 e. The molecule has 3 nitrogen and oxygen atoms in total. The summed E-state index contributed by atoms with van der Waals surface area (Å²) >= 11 is 0. The van der Waals surface area contributed by atoms with Crippen LogP contribution in [0.25, 0.3) is 21.5 Å². The average molecular weight is 380 g/mol. The summed E-state index contributed by atoms with van der Waals surface area (Å²) in [5, 5.41) is 5.28. The maximum atomic E-state index is 5.50. The van der Waals surface area contributed by atoms with Crippen molar-refractivity contribution >= 4 is 27.2 Å². The molecule has 0 spiro atoms. The van der Waals surface area contributed by atoms with Crippen molar-refractivity contribution in [1.29, 1.82) is 0 Å². The molecule has 2 heterocycles. The molecule has 3 heteroatoms. The minimum Gasteiger partial charge on any atom is -0.497 e. The second kappa shape index (κ2) is 6.23. The molecule has 29 heavy (non-hydrogen) atoms. The van der Waals surface area contributed by atoms with Crippen molar-refractivity contribution in [2.24, 2.45) is 0 Å². The smallest absolute Gasteiger partial charge is 0.119 e. The van der Waals surface area contributed by atoms with E-state index in [1.54, 1.807) is 7.11 Å². The Labute approximate surface area is 171 Å². The fourth-order valence-electron chi connectivity index (χ4n) is 5.35. The minimum absolute atomic E-state index is 0.263. The molecule has 4 aromatic carbocycles. The number of rotatable bonds is 2. The van der Waals surface area contributed by atoms with Crippen LogP contribution in [0.1, 0.15) is 22.9 Å². The van der Waals surface area contributed by atoms with Gasteiger partial charge in [-0.15, -0.1) is 0 Å². The van der Waals surface area contributed by atoms with Crippen molar-refractivity contribution in [2.75, 3.05) is 25.6 Å². The molecule has 2 aliphatic rings. The zero-order valence-corrected chi connectivity index (χ0v) is 16.9. The first-order valence-corrected chi connectivity index (χ1v) is 10.3. The van der Waals surface area contributed by atoms with Gasteiger partial charge in [0.1, 0.15) is 11.9 Å². The molecular formula is C26H24N2O. The fraction of sp³-hybridized carbons (Fsp3) is 0.231. The van der Waals surface area contributed by atoms with Crippen LogP contribution in [-0.2, 0) is 13.0 Å². The van der Waals surface area contributed by atoms with Gasteiger partial charge < -0.3 is 9.64 Å². The van der Waals surface area contributed by atoms with Crippen molar-refractivity contribution in [1.82, 2.24) is 4.90 Å². The molecule has 1 atom stereocenters. The molecule has 0 aromatic heterocycles. The van der Waals surface area contributed by atoms with E-state index < -0.39 is 0 Å². The van der Waals surface area contributed by atoms with E-state index in [1.165, 1.54) is 43.9 Å². The molecule has 0 amide bonds. The number of benzene rings is 4. The predicted molar refractivity (Wildman–Crippen MR) is 120 cm³/mol. The van der Waals surface area contributed by atoms with Gasteiger partial charge in [-0.2, -0.15) is 0 Å². The highest BCUT2D eigenvalue weighted by atomic mass is 16.5. The number of anilines is 1. The Balaban J connectivity index is 1.54. The van der Waals surface area contributed by atoms with Crippen molar-refractivity contribution in [3.8, 4) is 5.75 Å². The summed E-state index contributed by atoms with van der Waals surface area (Å²) in [5.74, 6) is 0.912. The van der Waals surface area contributed by atoms with Gasteiger partial charge >= 0.3 is 0 Å². The molecule has 144 valence electrons. The Hall–Kier alpha value is -3.04. The van der Waals surface area contributed by atoms with Gasteiger partial charge in [0.15, 0.2) is 0 Å². The van der Waals surface area contributed by atoms with Crippen molar-refractivity contribution < 1.29 is 4.74 Å². The minimum atomic E-state index is 0.263. The summed E-state index contributed by atoms with van der Waals surface area (Å²) in [6.45, 7) is 2.08. The molecule has 4 aromatic rings. The third-order valence-electron chi connectivity index (χ3n) is 6.72. The maximum absolute atomic E-state index is 5.50. The summed E-state index contributed by atoms with van der Waals surface area (Å²) in [6.07, 6.45) is 1.38. The van der Waals surface area contributed by atoms with Gasteiger partial charge in [-0.25, -0.2) is 0 Å². The van der Waals surface area contributed by atoms with Crippen molar-refractivity contribution in [2.45, 2.75) is 19.1 Å². The molecule has 0 aliphatic carbocycles. The van der Waals surface area contributed by atoms with Crippen LogP contribution in [0.15, 0.2) is 66.7 Å². The van der Waals surface area contributed by atoms with Crippen molar-refractivity contribution in [3.05, 3.63) is 83.4 Å². The van der Waals surface area contributed by atoms with E-state index in [4.69, 9.17) is 4.74 Å². The van der Waals surface area contributed by atoms with Crippen molar-refractivity contribution in [3.63, 3.8) is 0 Å². The van der Waals surface area contributed by atoms with Crippen LogP contribution < -0.4 is 9.64 Å². The summed E-state index contributed by atoms with van der Waals surface area (Å²) in [4.78, 5) is 5.09. The molecule has 1 unspecified atom stereocenters. The van der Waals surface area contributed by atoms with Gasteiger partial charge in [0, 0.05) is 31.2 Å². The first kappa shape index (κ1) is 16.9. The number of fused-ring (bicyclic) bond motifs is 3. The number of hydrogen-bond donors (Lipinski definition) is 0. The first-order valence-electron chi connectivity index (χ1n) is 10.3. The number of methoxy groups -OCH3 is 1. The highest BCUT2D eigenvalue weighted by Crippen LogP contribution is 2.48. The van der Waals surface area contributed by atoms with Crippen LogP contribution in [0.2, 0.25) is 0 Å². The van der Waals surface area contributed by atoms with Crippen LogP contribution in [0, 0.1) is 0 Å². The van der Waals surface area contributed by atoms with Crippen LogP contribution in [0.4, 0.5) is 5.69 Å². The first-order chi connectivity index (χ1) is 14.2. The lowest BCUT2D eigenvalue weighted by atomic mass is 9.95. The topological polar surface area (TPSA) is 15.7 Å². The quantitative estimate of drug-likeness (QED) is 0.427. The Bertz CT molecular complexity index is 1260. The zero-order chi connectivity index (χ0) is 19.5. The molecule has 2 aliphatic heterocycles. The van der Waals surface area contributed by atoms with E-state index in [-0.39, 0.29) is 6.17 Å². The van der Waals surface area contributed by atoms with Gasteiger partial charge in [0.05, 0.1) is 7.11 Å². The van der Waals surface area contributed by atoms with E-state index in [1.807, 2.05) is 0 Å². The van der Waals surface area contributed by atoms with Crippen LogP contribution in [0.5, 0.6) is 5.75 Å². The average Bonchev–Trinajstić information content (AvgIpc) is 3.05. The monoisotopic (exact) mass is 380 g/mol. The van der Waals surface area contributed by atoms with Crippen LogP contribution in [-0.4, -0.2) is 25.6 Å². The van der Waals surface area contributed by atoms with Gasteiger partial charge in [-0.3, -0.25) is 4.90 Å². The molecule has 0 fully saturated rings. The molecule has 6 rings (SSSR count). The van der Waals surface area contributed by atoms with E-state index in [0.717, 1.165) is 25.3 Å². The van der Waals surface area contributed by atoms with Gasteiger partial charge in [0.2, 0.25) is 0 Å². The van der Waals surface area contributed by atoms with E-state index in [0.29, 0.717) is 0 Å². The summed E-state index contributed by atoms with van der Waals surface area (Å²) in [6, 6.07) is 24.4. The predicted octanol–water partition coefficient (Wildman–Crippen LogP) is 5.51. The number of hydrogen-bond acceptors (Lipinski definition) is 3. The zero-order valence-electron chi connectivity index (χ0n) is 16.9. The van der Waals surface area contributed by atoms with Gasteiger partial charge in [0.25, 0.3) is 0 Å².